The largest absolute Gasteiger partial charge is 0.481 e. The number of likely N-dealkylation sites (N-methyl/N-ethyl adjacent to an activating group) is 1. The van der Waals surface area contributed by atoms with Crippen LogP contribution in [0.4, 0.5) is 0 Å². The van der Waals surface area contributed by atoms with Gasteiger partial charge in [-0.3, -0.25) is 9.59 Å². The highest BCUT2D eigenvalue weighted by molar-refractivity contribution is 5.84. The van der Waals surface area contributed by atoms with Gasteiger partial charge in [-0.2, -0.15) is 0 Å². The lowest BCUT2D eigenvalue weighted by Gasteiger charge is -2.33. The summed E-state index contributed by atoms with van der Waals surface area (Å²) in [6.45, 7) is 1.36. The third kappa shape index (κ3) is 3.72. The second kappa shape index (κ2) is 7.07. The Kier molecular flexibility index (Phi) is 5.40. The van der Waals surface area contributed by atoms with Crippen molar-refractivity contribution in [2.45, 2.75) is 51.0 Å². The van der Waals surface area contributed by atoms with E-state index in [4.69, 9.17) is 4.74 Å². The Bertz CT molecular complexity index is 352. The van der Waals surface area contributed by atoms with Crippen LogP contribution in [-0.4, -0.2) is 48.2 Å². The molecule has 1 heterocycles. The van der Waals surface area contributed by atoms with Gasteiger partial charge in [0.1, 0.15) is 0 Å². The van der Waals surface area contributed by atoms with Crippen LogP contribution < -0.4 is 0 Å². The van der Waals surface area contributed by atoms with Gasteiger partial charge in [0, 0.05) is 20.2 Å². The summed E-state index contributed by atoms with van der Waals surface area (Å²) in [6, 6.07) is 0. The minimum absolute atomic E-state index is 0.0220. The molecule has 114 valence electrons. The standard InChI is InChI=1S/C15H25NO4/c1-16(10-11-6-4-5-9-20-11)14(17)12-7-2-3-8-13(12)15(18)19/h11-13H,2-10H2,1H3,(H,18,19). The van der Waals surface area contributed by atoms with Crippen molar-refractivity contribution >= 4 is 11.9 Å². The molecule has 1 saturated heterocycles. The van der Waals surface area contributed by atoms with Crippen molar-refractivity contribution in [3.63, 3.8) is 0 Å². The first-order valence-electron chi connectivity index (χ1n) is 7.69. The van der Waals surface area contributed by atoms with E-state index >= 15 is 0 Å². The van der Waals surface area contributed by atoms with Crippen molar-refractivity contribution in [2.75, 3.05) is 20.2 Å². The maximum absolute atomic E-state index is 12.5. The molecule has 1 amide bonds. The van der Waals surface area contributed by atoms with Gasteiger partial charge in [-0.1, -0.05) is 12.8 Å². The topological polar surface area (TPSA) is 66.8 Å². The SMILES string of the molecule is CN(CC1CCCCO1)C(=O)C1CCCCC1C(=O)O. The number of carbonyl (C=O) groups is 2. The minimum atomic E-state index is -0.828. The highest BCUT2D eigenvalue weighted by Gasteiger charge is 2.37. The summed E-state index contributed by atoms with van der Waals surface area (Å²) in [6.07, 6.45) is 6.54. The molecule has 5 heteroatoms. The van der Waals surface area contributed by atoms with Crippen LogP contribution >= 0.6 is 0 Å². The molecular formula is C15H25NO4. The maximum Gasteiger partial charge on any atom is 0.307 e. The molecule has 0 bridgehead atoms. The molecule has 3 atom stereocenters. The lowest BCUT2D eigenvalue weighted by atomic mass is 9.78. The van der Waals surface area contributed by atoms with Gasteiger partial charge >= 0.3 is 5.97 Å². The van der Waals surface area contributed by atoms with Crippen molar-refractivity contribution in [2.24, 2.45) is 11.8 Å². The zero-order chi connectivity index (χ0) is 14.5. The van der Waals surface area contributed by atoms with Crippen LogP contribution in [0.3, 0.4) is 0 Å². The van der Waals surface area contributed by atoms with E-state index in [0.29, 0.717) is 19.4 Å². The molecule has 0 aromatic heterocycles. The minimum Gasteiger partial charge on any atom is -0.481 e. The summed E-state index contributed by atoms with van der Waals surface area (Å²) in [7, 11) is 1.77. The van der Waals surface area contributed by atoms with Gasteiger partial charge in [-0.15, -0.1) is 0 Å². The first kappa shape index (κ1) is 15.3. The van der Waals surface area contributed by atoms with Crippen LogP contribution in [0.2, 0.25) is 0 Å². The number of carboxylic acids is 1. The van der Waals surface area contributed by atoms with E-state index in [1.807, 2.05) is 0 Å². The number of ether oxygens (including phenoxy) is 1. The molecular weight excluding hydrogens is 258 g/mol. The molecule has 2 rings (SSSR count). The predicted octanol–water partition coefficient (Wildman–Crippen LogP) is 1.90. The van der Waals surface area contributed by atoms with Crippen LogP contribution in [0, 0.1) is 11.8 Å². The van der Waals surface area contributed by atoms with Crippen molar-refractivity contribution in [3.05, 3.63) is 0 Å². The van der Waals surface area contributed by atoms with Crippen LogP contribution in [0.25, 0.3) is 0 Å². The molecule has 1 N–H and O–H groups in total. The number of carboxylic acid groups (broad SMARTS) is 1. The summed E-state index contributed by atoms with van der Waals surface area (Å²) in [5.41, 5.74) is 0. The van der Waals surface area contributed by atoms with Crippen LogP contribution in [0.5, 0.6) is 0 Å². The van der Waals surface area contributed by atoms with E-state index in [2.05, 4.69) is 0 Å². The summed E-state index contributed by atoms with van der Waals surface area (Å²) < 4.78 is 5.65. The smallest absolute Gasteiger partial charge is 0.307 e. The average molecular weight is 283 g/mol. The van der Waals surface area contributed by atoms with Gasteiger partial charge < -0.3 is 14.7 Å². The van der Waals surface area contributed by atoms with Crippen LogP contribution in [0.15, 0.2) is 0 Å². The zero-order valence-electron chi connectivity index (χ0n) is 12.2. The highest BCUT2D eigenvalue weighted by Crippen LogP contribution is 2.31. The Morgan fingerprint density at radius 1 is 1.10 bits per heavy atom. The van der Waals surface area contributed by atoms with Gasteiger partial charge in [-0.05, 0) is 32.1 Å². The van der Waals surface area contributed by atoms with Gasteiger partial charge in [0.05, 0.1) is 17.9 Å². The second-order valence-corrected chi connectivity index (χ2v) is 6.04. The van der Waals surface area contributed by atoms with Crippen molar-refractivity contribution in [3.8, 4) is 0 Å². The number of rotatable bonds is 4. The summed E-state index contributed by atoms with van der Waals surface area (Å²) in [5, 5.41) is 9.27. The van der Waals surface area contributed by atoms with E-state index in [-0.39, 0.29) is 17.9 Å². The Hall–Kier alpha value is -1.10. The number of hydrogen-bond donors (Lipinski definition) is 1. The lowest BCUT2D eigenvalue weighted by molar-refractivity contribution is -0.152. The molecule has 0 spiro atoms. The van der Waals surface area contributed by atoms with Gasteiger partial charge in [0.15, 0.2) is 0 Å². The summed E-state index contributed by atoms with van der Waals surface area (Å²) in [4.78, 5) is 25.5. The zero-order valence-corrected chi connectivity index (χ0v) is 12.2. The van der Waals surface area contributed by atoms with Gasteiger partial charge in [-0.25, -0.2) is 0 Å². The van der Waals surface area contributed by atoms with Gasteiger partial charge in [0.2, 0.25) is 5.91 Å². The van der Waals surface area contributed by atoms with Crippen molar-refractivity contribution in [1.82, 2.24) is 4.90 Å². The van der Waals surface area contributed by atoms with E-state index in [1.54, 1.807) is 11.9 Å². The number of aliphatic carboxylic acids is 1. The first-order valence-corrected chi connectivity index (χ1v) is 7.69. The molecule has 3 unspecified atom stereocenters. The summed E-state index contributed by atoms with van der Waals surface area (Å²) in [5.74, 6) is -1.71. The quantitative estimate of drug-likeness (QED) is 0.855. The van der Waals surface area contributed by atoms with E-state index in [0.717, 1.165) is 38.7 Å². The number of hydrogen-bond acceptors (Lipinski definition) is 3. The number of amides is 1. The molecule has 5 nitrogen and oxygen atoms in total. The van der Waals surface area contributed by atoms with Crippen molar-refractivity contribution < 1.29 is 19.4 Å². The normalized spacial score (nSPS) is 30.8. The molecule has 2 fully saturated rings. The fraction of sp³-hybridized carbons (Fsp3) is 0.867. The fourth-order valence-electron chi connectivity index (χ4n) is 3.35. The molecule has 1 saturated carbocycles. The third-order valence-electron chi connectivity index (χ3n) is 4.53. The third-order valence-corrected chi connectivity index (χ3v) is 4.53. The Morgan fingerprint density at radius 2 is 1.75 bits per heavy atom. The Balaban J connectivity index is 1.92. The predicted molar refractivity (Wildman–Crippen MR) is 74.3 cm³/mol. The van der Waals surface area contributed by atoms with Crippen molar-refractivity contribution in [1.29, 1.82) is 0 Å². The first-order chi connectivity index (χ1) is 9.59. The highest BCUT2D eigenvalue weighted by atomic mass is 16.5. The fourth-order valence-corrected chi connectivity index (χ4v) is 3.35. The van der Waals surface area contributed by atoms with Crippen LogP contribution in [0.1, 0.15) is 44.9 Å². The Labute approximate surface area is 120 Å². The Morgan fingerprint density at radius 3 is 2.35 bits per heavy atom. The molecule has 2 aliphatic rings. The van der Waals surface area contributed by atoms with Crippen LogP contribution in [-0.2, 0) is 14.3 Å². The molecule has 0 aromatic rings. The molecule has 1 aliphatic heterocycles. The second-order valence-electron chi connectivity index (χ2n) is 6.04. The monoisotopic (exact) mass is 283 g/mol. The maximum atomic E-state index is 12.5. The van der Waals surface area contributed by atoms with E-state index < -0.39 is 11.9 Å². The molecule has 20 heavy (non-hydrogen) atoms. The molecule has 1 aliphatic carbocycles. The van der Waals surface area contributed by atoms with E-state index in [1.165, 1.54) is 0 Å². The lowest BCUT2D eigenvalue weighted by Crippen LogP contribution is -2.44. The van der Waals surface area contributed by atoms with Gasteiger partial charge in [0.25, 0.3) is 0 Å². The summed E-state index contributed by atoms with van der Waals surface area (Å²) >= 11 is 0. The number of carbonyl (C=O) groups excluding carboxylic acids is 1. The molecule has 0 aromatic carbocycles. The number of nitrogens with zero attached hydrogens (tertiary/aromatic N) is 1. The average Bonchev–Trinajstić information content (AvgIpc) is 2.47. The van der Waals surface area contributed by atoms with E-state index in [9.17, 15) is 14.7 Å². The molecule has 0 radical (unpaired) electrons.